The number of halogens is 2. The Kier molecular flexibility index (Phi) is 12.0. The molecule has 9 aromatic carbocycles. The summed E-state index contributed by atoms with van der Waals surface area (Å²) in [5.74, 6) is 0.445. The van der Waals surface area contributed by atoms with Crippen molar-refractivity contribution in [3.63, 3.8) is 0 Å². The van der Waals surface area contributed by atoms with Crippen molar-refractivity contribution in [1.82, 2.24) is 18.7 Å². The van der Waals surface area contributed by atoms with Crippen LogP contribution in [-0.4, -0.2) is 15.6 Å². The molecule has 2 aromatic heterocycles. The average molecular weight is 1120 g/mol. The number of nitrogens with zero attached hydrogens (tertiary/aromatic N) is 4. The van der Waals surface area contributed by atoms with Gasteiger partial charge in [0, 0.05) is 41.4 Å². The van der Waals surface area contributed by atoms with Gasteiger partial charge in [-0.15, -0.1) is 29.1 Å². The summed E-state index contributed by atoms with van der Waals surface area (Å²) in [6, 6.07) is 78.0. The summed E-state index contributed by atoms with van der Waals surface area (Å²) in [4.78, 5) is 4.89. The van der Waals surface area contributed by atoms with Crippen LogP contribution >= 0.6 is 0 Å². The standard InChI is InChI=1S/C64H44F2N4O.Pt/c1-64(2,3)46-31-32-67-62(37-46)70-58-26-13-12-23-56(58)57-30-29-50(40-61(57)70)71-51-36-45(53-22-11-10-21-52(53)42-17-6-4-7-18-42)35-49(39-51)68-41-69(60-28-15-14-27-59(60)68)63-54(43-19-8-5-9-20-43)24-16-25-55(63)44-33-47(65)38-48(66)34-44;/h4-38H,1-3H3;/q;+2. The summed E-state index contributed by atoms with van der Waals surface area (Å²) in [6.45, 7) is 6.62. The summed E-state index contributed by atoms with van der Waals surface area (Å²) < 4.78 is 43.2. The van der Waals surface area contributed by atoms with Gasteiger partial charge in [-0.05, 0) is 91.2 Å². The van der Waals surface area contributed by atoms with E-state index in [1.807, 2.05) is 131 Å². The van der Waals surface area contributed by atoms with E-state index in [0.717, 1.165) is 78.4 Å². The molecule has 348 valence electrons. The Morgan fingerprint density at radius 2 is 1.10 bits per heavy atom. The average Bonchev–Trinajstić information content (AvgIpc) is 3.94. The summed E-state index contributed by atoms with van der Waals surface area (Å²) in [5.41, 5.74) is 12.8. The minimum absolute atomic E-state index is 0. The van der Waals surface area contributed by atoms with Gasteiger partial charge in [0.15, 0.2) is 0 Å². The quantitative estimate of drug-likeness (QED) is 0.107. The maximum Gasteiger partial charge on any atom is 2.00 e. The Morgan fingerprint density at radius 3 is 1.81 bits per heavy atom. The van der Waals surface area contributed by atoms with Gasteiger partial charge in [-0.3, -0.25) is 0 Å². The Balaban J connectivity index is 0.00000560. The number of rotatable bonds is 9. The van der Waals surface area contributed by atoms with E-state index in [9.17, 15) is 0 Å². The van der Waals surface area contributed by atoms with Crippen LogP contribution in [0.4, 0.5) is 31.5 Å². The van der Waals surface area contributed by atoms with Gasteiger partial charge in [0.1, 0.15) is 23.1 Å². The van der Waals surface area contributed by atoms with Gasteiger partial charge in [0.2, 0.25) is 5.69 Å². The van der Waals surface area contributed by atoms with Crippen LogP contribution < -0.4 is 13.9 Å². The minimum Gasteiger partial charge on any atom is -0.509 e. The fourth-order valence-corrected chi connectivity index (χ4v) is 9.74. The predicted molar refractivity (Wildman–Crippen MR) is 284 cm³/mol. The number of ether oxygens (including phenoxy) is 1. The van der Waals surface area contributed by atoms with Crippen molar-refractivity contribution < 1.29 is 34.6 Å². The van der Waals surface area contributed by atoms with Crippen LogP contribution in [0.5, 0.6) is 11.5 Å². The van der Waals surface area contributed by atoms with E-state index in [-0.39, 0.29) is 26.5 Å². The molecule has 3 heterocycles. The summed E-state index contributed by atoms with van der Waals surface area (Å²) in [5, 5.41) is 2.12. The zero-order valence-electron chi connectivity index (χ0n) is 39.5. The van der Waals surface area contributed by atoms with Gasteiger partial charge in [0.25, 0.3) is 11.4 Å². The van der Waals surface area contributed by atoms with E-state index < -0.39 is 11.6 Å². The van der Waals surface area contributed by atoms with Crippen molar-refractivity contribution in [2.24, 2.45) is 0 Å². The van der Waals surface area contributed by atoms with Crippen LogP contribution in [0, 0.1) is 23.8 Å². The van der Waals surface area contributed by atoms with Crippen molar-refractivity contribution in [2.45, 2.75) is 26.2 Å². The number of hydrogen-bond acceptors (Lipinski definition) is 2. The molecule has 1 aliphatic rings. The van der Waals surface area contributed by atoms with E-state index in [4.69, 9.17) is 9.72 Å². The van der Waals surface area contributed by atoms with E-state index in [1.54, 1.807) is 0 Å². The Labute approximate surface area is 431 Å². The fraction of sp³-hybridized carbons (Fsp3) is 0.0625. The van der Waals surface area contributed by atoms with E-state index in [2.05, 4.69) is 116 Å². The molecule has 72 heavy (non-hydrogen) atoms. The molecule has 0 fully saturated rings. The smallest absolute Gasteiger partial charge is 0.509 e. The third kappa shape index (κ3) is 8.47. The fourth-order valence-electron chi connectivity index (χ4n) is 9.74. The van der Waals surface area contributed by atoms with E-state index in [0.29, 0.717) is 34.0 Å². The second-order valence-electron chi connectivity index (χ2n) is 18.7. The normalized spacial score (nSPS) is 12.1. The van der Waals surface area contributed by atoms with Crippen LogP contribution in [0.15, 0.2) is 212 Å². The third-order valence-electron chi connectivity index (χ3n) is 13.1. The molecular formula is C64H44F2N4OPt+2. The van der Waals surface area contributed by atoms with Crippen LogP contribution in [0.3, 0.4) is 0 Å². The molecule has 1 aliphatic heterocycles. The first-order chi connectivity index (χ1) is 34.6. The van der Waals surface area contributed by atoms with Gasteiger partial charge < -0.3 is 9.30 Å². The number of para-hydroxylation sites is 4. The van der Waals surface area contributed by atoms with Crippen molar-refractivity contribution in [3.8, 4) is 61.8 Å². The molecule has 0 bridgehead atoms. The molecule has 0 atom stereocenters. The number of pyridine rings is 1. The molecule has 11 aromatic rings. The minimum atomic E-state index is -0.661. The Bertz CT molecular complexity index is 3940. The van der Waals surface area contributed by atoms with Crippen molar-refractivity contribution in [1.29, 1.82) is 0 Å². The number of hydrogen-bond donors (Lipinski definition) is 0. The summed E-state index contributed by atoms with van der Waals surface area (Å²) >= 11 is 0. The maximum absolute atomic E-state index is 15.1. The summed E-state index contributed by atoms with van der Waals surface area (Å²) in [7, 11) is 0. The Morgan fingerprint density at radius 1 is 0.514 bits per heavy atom. The third-order valence-corrected chi connectivity index (χ3v) is 13.1. The SMILES string of the molecule is CC(C)(C)c1ccnc(-n2c3[c-]c(Oc4[c-]c([N+]5=C=[N+](c6c(-c7ccccc7)cccc6-c6cc(F)cc(F)c6)c6ccccc65)cc(-c5ccccc5-c5ccccc5)c4)ccc3c3ccccc32)c1.[Pt+2]. The molecule has 0 saturated carbocycles. The molecule has 0 amide bonds. The van der Waals surface area contributed by atoms with Gasteiger partial charge in [0.05, 0.1) is 11.1 Å². The van der Waals surface area contributed by atoms with Crippen molar-refractivity contribution >= 4 is 50.6 Å². The maximum atomic E-state index is 15.1. The molecular weight excluding hydrogens is 1070 g/mol. The van der Waals surface area contributed by atoms with E-state index >= 15 is 8.78 Å². The predicted octanol–water partition coefficient (Wildman–Crippen LogP) is 16.7. The van der Waals surface area contributed by atoms with Crippen LogP contribution in [0.1, 0.15) is 26.3 Å². The van der Waals surface area contributed by atoms with Gasteiger partial charge in [-0.2, -0.15) is 6.07 Å². The molecule has 0 saturated heterocycles. The Hall–Kier alpha value is -8.34. The number of benzene rings is 9. The van der Waals surface area contributed by atoms with E-state index in [1.165, 1.54) is 17.7 Å². The molecule has 12 rings (SSSR count). The zero-order valence-corrected chi connectivity index (χ0v) is 41.7. The molecule has 0 spiro atoms. The van der Waals surface area contributed by atoms with Crippen LogP contribution in [0.25, 0.3) is 72.1 Å². The first-order valence-electron chi connectivity index (χ1n) is 23.6. The molecule has 0 unspecified atom stereocenters. The topological polar surface area (TPSA) is 33.1 Å². The van der Waals surface area contributed by atoms with Crippen molar-refractivity contribution in [3.05, 3.63) is 242 Å². The number of fused-ring (bicyclic) bond motifs is 4. The molecule has 5 nitrogen and oxygen atoms in total. The van der Waals surface area contributed by atoms with Gasteiger partial charge in [-0.1, -0.05) is 164 Å². The summed E-state index contributed by atoms with van der Waals surface area (Å²) in [6.07, 6.45) is 1.88. The zero-order chi connectivity index (χ0) is 48.2. The number of aromatic nitrogens is 2. The van der Waals surface area contributed by atoms with Crippen LogP contribution in [0.2, 0.25) is 0 Å². The molecule has 0 aliphatic carbocycles. The first-order valence-corrected chi connectivity index (χ1v) is 23.6. The van der Waals surface area contributed by atoms with Gasteiger partial charge >= 0.3 is 27.1 Å². The first kappa shape index (κ1) is 46.1. The molecule has 8 heteroatoms. The second kappa shape index (κ2) is 18.8. The van der Waals surface area contributed by atoms with Crippen molar-refractivity contribution in [2.75, 3.05) is 0 Å². The monoisotopic (exact) mass is 1120 g/mol. The second-order valence-corrected chi connectivity index (χ2v) is 18.7. The van der Waals surface area contributed by atoms with Crippen LogP contribution in [-0.2, 0) is 26.5 Å². The molecule has 0 N–H and O–H groups in total. The van der Waals surface area contributed by atoms with Gasteiger partial charge in [-0.25, -0.2) is 13.8 Å². The largest absolute Gasteiger partial charge is 2.00 e. The molecule has 0 radical (unpaired) electrons.